The second-order valence-electron chi connectivity index (χ2n) is 39.4. The van der Waals surface area contributed by atoms with Gasteiger partial charge in [-0.05, 0) is 39.0 Å². The number of methoxy groups -OCH3 is 1. The second kappa shape index (κ2) is 50.1. The third-order valence-corrected chi connectivity index (χ3v) is 45.4. The summed E-state index contributed by atoms with van der Waals surface area (Å²) in [5, 5.41) is 17.4. The number of hydrogen-bond acceptors (Lipinski definition) is 25. The van der Waals surface area contributed by atoms with Crippen molar-refractivity contribution in [2.75, 3.05) is 40.1 Å². The van der Waals surface area contributed by atoms with Crippen LogP contribution < -0.4 is 31.1 Å². The predicted molar refractivity (Wildman–Crippen MR) is 549 cm³/mol. The average molecular weight is 2010 g/mol. The number of esters is 3. The first-order valence-corrected chi connectivity index (χ1v) is 55.9. The number of ether oxygens (including phenoxy) is 14. The van der Waals surface area contributed by atoms with E-state index in [-0.39, 0.29) is 48.9 Å². The molecule has 742 valence electrons. The first kappa shape index (κ1) is 109. The van der Waals surface area contributed by atoms with Gasteiger partial charge < -0.3 is 4.43 Å². The number of benzene rings is 8. The summed E-state index contributed by atoms with van der Waals surface area (Å²) in [7, 11) is -8.06. The molecular formula is C101H127B4N9O22P2Si3. The molecule has 0 amide bonds. The third-order valence-electron chi connectivity index (χ3n) is 27.5. The van der Waals surface area contributed by atoms with Crippen LogP contribution >= 0.6 is 16.9 Å². The van der Waals surface area contributed by atoms with E-state index in [1.165, 1.54) is 34.7 Å². The number of azide groups is 3. The van der Waals surface area contributed by atoms with E-state index >= 15 is 4.79 Å². The molecule has 5 fully saturated rings. The van der Waals surface area contributed by atoms with Gasteiger partial charge in [-0.3, -0.25) is 0 Å². The van der Waals surface area contributed by atoms with Crippen LogP contribution in [0, 0.1) is 23.7 Å². The van der Waals surface area contributed by atoms with Crippen LogP contribution in [0.3, 0.4) is 0 Å². The Bertz CT molecular complexity index is 5400. The topological polar surface area (TPSA) is 389 Å². The Balaban J connectivity index is 0.915. The molecular weight excluding hydrogens is 1880 g/mol. The van der Waals surface area contributed by atoms with E-state index in [1.54, 1.807) is 44.2 Å². The molecule has 0 saturated carbocycles. The van der Waals surface area contributed by atoms with Gasteiger partial charge in [0.25, 0.3) is 8.32 Å². The molecule has 8 aromatic rings. The fourth-order valence-electron chi connectivity index (χ4n) is 20.6. The summed E-state index contributed by atoms with van der Waals surface area (Å²) in [6.45, 7) is 30.7. The molecule has 0 aromatic heterocycles. The number of carbonyl (C=O) groups excluding carboxylic acids is 3. The molecule has 5 aliphatic rings. The van der Waals surface area contributed by atoms with Gasteiger partial charge in [0.15, 0.2) is 0 Å². The molecule has 8 aromatic carbocycles. The second-order valence-corrected chi connectivity index (χ2v) is 55.0. The molecule has 0 bridgehead atoms. The summed E-state index contributed by atoms with van der Waals surface area (Å²) in [5.41, 5.74) is 31.8. The van der Waals surface area contributed by atoms with Crippen molar-refractivity contribution >= 4 is 119 Å². The van der Waals surface area contributed by atoms with Gasteiger partial charge >= 0.3 is 641 Å². The molecule has 0 spiro atoms. The average Bonchev–Trinajstić information content (AvgIpc) is 0.750. The van der Waals surface area contributed by atoms with Gasteiger partial charge in [0.05, 0.1) is 6.61 Å². The van der Waals surface area contributed by atoms with E-state index in [0.29, 0.717) is 14.1 Å². The van der Waals surface area contributed by atoms with Gasteiger partial charge in [-0.25, -0.2) is 0 Å². The standard InChI is InChI=1S/C101H127B4N9O22P2Si3/c1-63-77(60-124-139(99(7,8)9,71-45-29-19-30-46-71)72-47-31-20-32-48-72)127-97(83(110-113-107)91(63)137-104-102-118)133-86-65(3)88(132-93(117)70-43-27-18-28-44-70)98(131-78(86)58-121-67(5)115)134-85-64(2)82(109-112-106)96(130-80(85)61-125-140(100(10,11)12,73-49-33-21-34-50-73)74-51-35-22-36-52-74)135-89-79(59-122-68(6)116)128-94(66(4)87(89)123-57-69-41-25-17-26-42-69)136-90-81(129-95(120-16)84(111-114-108)92(90)138-105-103-119)62-126-141(101(13,14)15,75-53-37-23-38-54-75)76-55-39-24-40-56-76/h17-56,63-66,77-92,94-98,137-138H,57-62H2,1-16H3/t63-,64-,65+,66?,77?,78?,79?,80?,81?,82?,83?,84?,85+,86+,87+,88?,89-,90-,91+,92-,94+,95+,96+,97+,98+/m1/s1. The number of hydrogen-bond donors (Lipinski definition) is 0. The van der Waals surface area contributed by atoms with Crippen LogP contribution in [-0.2, 0) is 105 Å². The van der Waals surface area contributed by atoms with Crippen molar-refractivity contribution in [3.05, 3.63) is 285 Å². The minimum absolute atomic E-state index is 0.00944. The van der Waals surface area contributed by atoms with E-state index in [9.17, 15) is 35.6 Å². The molecule has 27 atom stereocenters. The molecule has 5 heterocycles. The van der Waals surface area contributed by atoms with Crippen LogP contribution in [0.5, 0.6) is 0 Å². The van der Waals surface area contributed by atoms with Gasteiger partial charge in [-0.15, -0.1) is 0 Å². The molecule has 13 rings (SSSR count). The monoisotopic (exact) mass is 2010 g/mol. The van der Waals surface area contributed by atoms with Crippen LogP contribution in [0.4, 0.5) is 0 Å². The zero-order valence-electron chi connectivity index (χ0n) is 82.6. The Hall–Kier alpha value is -9.09. The van der Waals surface area contributed by atoms with Crippen molar-refractivity contribution in [3.63, 3.8) is 0 Å². The van der Waals surface area contributed by atoms with Crippen molar-refractivity contribution in [1.82, 2.24) is 0 Å². The Morgan fingerprint density at radius 3 is 1.11 bits per heavy atom. The quantitative estimate of drug-likeness (QED) is 0.00652. The summed E-state index contributed by atoms with van der Waals surface area (Å²) in [6, 6.07) is 74.5. The SMILES string of the molecule is CO[C@H]1OC(CO[Si](c2ccccc2)(c2ccccc2)C(C)(C)C)[C@@H](O[C@@H]2OC(COC(C)=O)[C@@H](O[C@@H]3OC(CO[Si](c4ccccc4)(c4ccccc4)C(C)(C)C)[C@@H](O[C@@H]4OC(COC(C)=O)[C@@H](O[C@@H]5OC(CO[Si](c6ccccc6)(c6ccccc6)C(C)(C)C)[C@@H](C)[C@H](P[B]B=O)C5N=[N+]=[N-])[C@H](C)C4OC(=O)c4ccccc4)[C@H](C)C3N=[N+]=[N-])[C@@H](OCc3ccccc3)C2C)[C@H](P[B]B=O)C1N=[N+]=[N-]. The van der Waals surface area contributed by atoms with Gasteiger partial charge in [0.1, 0.15) is 6.10 Å². The molecule has 5 aliphatic heterocycles. The van der Waals surface area contributed by atoms with Gasteiger partial charge in [-0.1, -0.05) is 130 Å². The van der Waals surface area contributed by atoms with E-state index in [4.69, 9.17) is 79.6 Å². The summed E-state index contributed by atoms with van der Waals surface area (Å²) in [6.07, 6.45) is -20.8. The molecule has 141 heavy (non-hydrogen) atoms. The number of carbonyl (C=O) groups is 3. The zero-order valence-corrected chi connectivity index (χ0v) is 87.6. The van der Waals surface area contributed by atoms with Crippen LogP contribution in [0.2, 0.25) is 15.1 Å². The maximum absolute atomic E-state index is 15.3. The number of nitrogens with zero attached hydrogens (tertiary/aromatic N) is 9. The van der Waals surface area contributed by atoms with Crippen LogP contribution in [0.15, 0.2) is 258 Å². The first-order valence-electron chi connectivity index (χ1n) is 47.9. The fourth-order valence-corrected chi connectivity index (χ4v) is 36.8. The molecule has 2 radical (unpaired) electrons. The van der Waals surface area contributed by atoms with Crippen LogP contribution in [0.25, 0.3) is 31.3 Å². The number of rotatable bonds is 42. The molecule has 12 unspecified atom stereocenters. The maximum atomic E-state index is 15.3. The molecule has 0 aliphatic carbocycles. The van der Waals surface area contributed by atoms with Crippen molar-refractivity contribution in [1.29, 1.82) is 0 Å². The minimum atomic E-state index is -3.64. The summed E-state index contributed by atoms with van der Waals surface area (Å²) < 4.78 is 147. The van der Waals surface area contributed by atoms with Gasteiger partial charge in [0.2, 0.25) is 0 Å². The Kier molecular flexibility index (Phi) is 38.8. The van der Waals surface area contributed by atoms with Crippen molar-refractivity contribution in [2.45, 2.75) is 254 Å². The van der Waals surface area contributed by atoms with E-state index in [0.717, 1.165) is 36.7 Å². The van der Waals surface area contributed by atoms with Gasteiger partial charge in [0, 0.05) is 4.91 Å². The normalized spacial score (nSPS) is 28.4. The Morgan fingerprint density at radius 1 is 0.369 bits per heavy atom. The van der Waals surface area contributed by atoms with Crippen LogP contribution in [0.1, 0.15) is 120 Å². The fraction of sp³-hybridized carbons (Fsp3) is 0.495. The predicted octanol–water partition coefficient (Wildman–Crippen LogP) is 14.3. The molecule has 31 nitrogen and oxygen atoms in total. The van der Waals surface area contributed by atoms with Crippen molar-refractivity contribution in [2.24, 2.45) is 39.0 Å². The van der Waals surface area contributed by atoms with Crippen molar-refractivity contribution < 1.29 is 103 Å². The summed E-state index contributed by atoms with van der Waals surface area (Å²) in [4.78, 5) is 52.6. The Labute approximate surface area is 834 Å². The Morgan fingerprint density at radius 2 is 0.695 bits per heavy atom. The zero-order chi connectivity index (χ0) is 101. The molecule has 40 heteroatoms. The summed E-state index contributed by atoms with van der Waals surface area (Å²) in [5.74, 6) is -5.60. The van der Waals surface area contributed by atoms with Gasteiger partial charge in [-0.2, -0.15) is 0 Å². The van der Waals surface area contributed by atoms with E-state index in [2.05, 4.69) is 141 Å². The molecule has 5 saturated heterocycles. The summed E-state index contributed by atoms with van der Waals surface area (Å²) >= 11 is 0. The first-order chi connectivity index (χ1) is 67.8. The van der Waals surface area contributed by atoms with E-state index < -0.39 is 223 Å². The van der Waals surface area contributed by atoms with E-state index in [1.807, 2.05) is 178 Å². The van der Waals surface area contributed by atoms with Crippen molar-refractivity contribution in [3.8, 4) is 0 Å². The molecule has 0 N–H and O–H groups in total. The van der Waals surface area contributed by atoms with Crippen LogP contribution in [-0.4, -0.2) is 239 Å². The third kappa shape index (κ3) is 25.2.